The van der Waals surface area contributed by atoms with Gasteiger partial charge in [0, 0.05) is 5.02 Å². The van der Waals surface area contributed by atoms with Crippen LogP contribution in [0, 0.1) is 0 Å². The Kier molecular flexibility index (Phi) is 5.64. The molecule has 33 heavy (non-hydrogen) atoms. The number of aromatic nitrogens is 2. The second-order valence-electron chi connectivity index (χ2n) is 7.64. The third-order valence-electron chi connectivity index (χ3n) is 5.47. The molecule has 0 N–H and O–H groups in total. The zero-order valence-electron chi connectivity index (χ0n) is 18.0. The number of hydrogen-bond acceptors (Lipinski definition) is 7. The SMILES string of the molecule is CCCOc1ccc(C2c3c(oc4ccc(Cl)cc4c3=O)C(=O)N2c2nnc(CC)s2)cc1. The maximum atomic E-state index is 13.6. The van der Waals surface area contributed by atoms with Crippen LogP contribution in [0.3, 0.4) is 0 Å². The van der Waals surface area contributed by atoms with Crippen LogP contribution in [-0.2, 0) is 6.42 Å². The Hall–Kier alpha value is -3.23. The normalized spacial score (nSPS) is 15.3. The average molecular weight is 482 g/mol. The van der Waals surface area contributed by atoms with Crippen LogP contribution in [0.2, 0.25) is 5.02 Å². The van der Waals surface area contributed by atoms with Crippen LogP contribution in [0.15, 0.2) is 51.7 Å². The summed E-state index contributed by atoms with van der Waals surface area (Å²) in [6, 6.07) is 11.5. The van der Waals surface area contributed by atoms with Gasteiger partial charge in [-0.05, 0) is 48.7 Å². The standard InChI is InChI=1S/C24H20ClN3O4S/c1-3-11-31-15-8-5-13(6-9-15)20-19-21(29)16-12-14(25)7-10-17(16)32-22(19)23(30)28(20)24-27-26-18(4-2)33-24/h5-10,12,20H,3-4,11H2,1-2H3. The highest BCUT2D eigenvalue weighted by Gasteiger charge is 2.45. The molecule has 0 aliphatic carbocycles. The Labute approximate surface area is 198 Å². The molecule has 3 heterocycles. The quantitative estimate of drug-likeness (QED) is 0.366. The van der Waals surface area contributed by atoms with E-state index < -0.39 is 11.9 Å². The molecular weight excluding hydrogens is 462 g/mol. The second-order valence-corrected chi connectivity index (χ2v) is 9.12. The lowest BCUT2D eigenvalue weighted by Crippen LogP contribution is -2.29. The van der Waals surface area contributed by atoms with Gasteiger partial charge in [-0.25, -0.2) is 0 Å². The molecule has 1 aliphatic rings. The predicted octanol–water partition coefficient (Wildman–Crippen LogP) is 5.40. The first-order valence-corrected chi connectivity index (χ1v) is 11.9. The molecule has 1 aliphatic heterocycles. The summed E-state index contributed by atoms with van der Waals surface area (Å²) in [6.07, 6.45) is 1.59. The highest BCUT2D eigenvalue weighted by atomic mass is 35.5. The monoisotopic (exact) mass is 481 g/mol. The topological polar surface area (TPSA) is 85.5 Å². The van der Waals surface area contributed by atoms with Gasteiger partial charge < -0.3 is 9.15 Å². The number of halogens is 1. The first kappa shape index (κ1) is 21.6. The van der Waals surface area contributed by atoms with Crippen molar-refractivity contribution >= 4 is 44.9 Å². The van der Waals surface area contributed by atoms with Gasteiger partial charge in [0.15, 0.2) is 5.43 Å². The minimum absolute atomic E-state index is 0.0133. The summed E-state index contributed by atoms with van der Waals surface area (Å²) in [5, 5.41) is 10.4. The summed E-state index contributed by atoms with van der Waals surface area (Å²) >= 11 is 7.46. The summed E-state index contributed by atoms with van der Waals surface area (Å²) in [4.78, 5) is 28.6. The lowest BCUT2D eigenvalue weighted by Gasteiger charge is -2.22. The van der Waals surface area contributed by atoms with E-state index in [2.05, 4.69) is 10.2 Å². The molecule has 4 aromatic rings. The van der Waals surface area contributed by atoms with Crippen LogP contribution in [0.25, 0.3) is 11.0 Å². The van der Waals surface area contributed by atoms with Gasteiger partial charge in [-0.15, -0.1) is 10.2 Å². The Morgan fingerprint density at radius 3 is 2.61 bits per heavy atom. The number of fused-ring (bicyclic) bond motifs is 2. The summed E-state index contributed by atoms with van der Waals surface area (Å²) in [7, 11) is 0. The fourth-order valence-corrected chi connectivity index (χ4v) is 4.89. The number of hydrogen-bond donors (Lipinski definition) is 0. The molecule has 2 aromatic heterocycles. The number of carbonyl (C=O) groups excluding carboxylic acids is 1. The van der Waals surface area contributed by atoms with Crippen molar-refractivity contribution in [2.75, 3.05) is 11.5 Å². The van der Waals surface area contributed by atoms with E-state index in [1.807, 2.05) is 38.1 Å². The van der Waals surface area contributed by atoms with Crippen molar-refractivity contribution in [3.63, 3.8) is 0 Å². The van der Waals surface area contributed by atoms with E-state index >= 15 is 0 Å². The molecule has 1 unspecified atom stereocenters. The summed E-state index contributed by atoms with van der Waals surface area (Å²) in [5.41, 5.74) is 1.03. The third kappa shape index (κ3) is 3.69. The van der Waals surface area contributed by atoms with Gasteiger partial charge in [-0.1, -0.05) is 48.9 Å². The van der Waals surface area contributed by atoms with E-state index in [0.29, 0.717) is 34.2 Å². The number of rotatable bonds is 6. The van der Waals surface area contributed by atoms with E-state index in [9.17, 15) is 9.59 Å². The first-order valence-electron chi connectivity index (χ1n) is 10.7. The van der Waals surface area contributed by atoms with Gasteiger partial charge in [-0.2, -0.15) is 0 Å². The van der Waals surface area contributed by atoms with Gasteiger partial charge >= 0.3 is 0 Å². The number of benzene rings is 2. The molecule has 1 amide bonds. The average Bonchev–Trinajstić information content (AvgIpc) is 3.41. The fraction of sp³-hybridized carbons (Fsp3) is 0.250. The molecule has 0 fully saturated rings. The molecular formula is C24H20ClN3O4S. The van der Waals surface area contributed by atoms with Crippen molar-refractivity contribution in [1.82, 2.24) is 10.2 Å². The number of aryl methyl sites for hydroxylation is 1. The third-order valence-corrected chi connectivity index (χ3v) is 6.77. The van der Waals surface area contributed by atoms with Gasteiger partial charge in [0.25, 0.3) is 5.91 Å². The van der Waals surface area contributed by atoms with Gasteiger partial charge in [-0.3, -0.25) is 14.5 Å². The molecule has 9 heteroatoms. The predicted molar refractivity (Wildman–Crippen MR) is 128 cm³/mol. The molecule has 168 valence electrons. The Morgan fingerprint density at radius 1 is 1.12 bits per heavy atom. The van der Waals surface area contributed by atoms with E-state index in [4.69, 9.17) is 20.8 Å². The van der Waals surface area contributed by atoms with Crippen molar-refractivity contribution in [2.45, 2.75) is 32.7 Å². The van der Waals surface area contributed by atoms with Crippen LogP contribution in [0.4, 0.5) is 5.13 Å². The summed E-state index contributed by atoms with van der Waals surface area (Å²) < 4.78 is 11.6. The summed E-state index contributed by atoms with van der Waals surface area (Å²) in [6.45, 7) is 4.62. The largest absolute Gasteiger partial charge is 0.494 e. The van der Waals surface area contributed by atoms with Gasteiger partial charge in [0.05, 0.1) is 23.6 Å². The van der Waals surface area contributed by atoms with Crippen molar-refractivity contribution in [2.24, 2.45) is 0 Å². The Morgan fingerprint density at radius 2 is 1.91 bits per heavy atom. The fourth-order valence-electron chi connectivity index (χ4n) is 3.91. The van der Waals surface area contributed by atoms with Crippen molar-refractivity contribution < 1.29 is 13.9 Å². The van der Waals surface area contributed by atoms with Crippen molar-refractivity contribution in [3.05, 3.63) is 79.6 Å². The molecule has 5 rings (SSSR count). The number of ether oxygens (including phenoxy) is 1. The maximum Gasteiger partial charge on any atom is 0.297 e. The smallest absolute Gasteiger partial charge is 0.297 e. The zero-order chi connectivity index (χ0) is 23.1. The van der Waals surface area contributed by atoms with Crippen LogP contribution in [-0.4, -0.2) is 22.7 Å². The second kappa shape index (κ2) is 8.61. The lowest BCUT2D eigenvalue weighted by atomic mass is 9.98. The van der Waals surface area contributed by atoms with Gasteiger partial charge in [0.2, 0.25) is 10.9 Å². The molecule has 7 nitrogen and oxygen atoms in total. The van der Waals surface area contributed by atoms with E-state index in [0.717, 1.165) is 22.7 Å². The van der Waals surface area contributed by atoms with E-state index in [-0.39, 0.29) is 16.8 Å². The molecule has 2 aromatic carbocycles. The van der Waals surface area contributed by atoms with Gasteiger partial charge in [0.1, 0.15) is 16.3 Å². The van der Waals surface area contributed by atoms with E-state index in [1.54, 1.807) is 18.2 Å². The van der Waals surface area contributed by atoms with Crippen molar-refractivity contribution in [1.29, 1.82) is 0 Å². The van der Waals surface area contributed by atoms with Crippen LogP contribution < -0.4 is 15.1 Å². The molecule has 0 saturated heterocycles. The zero-order valence-corrected chi connectivity index (χ0v) is 19.6. The number of carbonyl (C=O) groups is 1. The number of anilines is 1. The minimum atomic E-state index is -0.704. The molecule has 1 atom stereocenters. The Bertz CT molecular complexity index is 1410. The van der Waals surface area contributed by atoms with Crippen LogP contribution in [0.5, 0.6) is 5.75 Å². The van der Waals surface area contributed by atoms with E-state index in [1.165, 1.54) is 16.2 Å². The van der Waals surface area contributed by atoms with Crippen molar-refractivity contribution in [3.8, 4) is 5.75 Å². The molecule has 0 spiro atoms. The summed E-state index contributed by atoms with van der Waals surface area (Å²) in [5.74, 6) is 0.312. The number of amides is 1. The Balaban J connectivity index is 1.71. The maximum absolute atomic E-state index is 13.6. The first-order chi connectivity index (χ1) is 16.0. The molecule has 0 bridgehead atoms. The minimum Gasteiger partial charge on any atom is -0.494 e. The molecule has 0 radical (unpaired) electrons. The highest BCUT2D eigenvalue weighted by Crippen LogP contribution is 2.42. The lowest BCUT2D eigenvalue weighted by molar-refractivity contribution is 0.0970. The van der Waals surface area contributed by atoms with Crippen LogP contribution in [0.1, 0.15) is 53.0 Å². The highest BCUT2D eigenvalue weighted by molar-refractivity contribution is 7.15. The van der Waals surface area contributed by atoms with Crippen LogP contribution >= 0.6 is 22.9 Å². The molecule has 0 saturated carbocycles. The number of nitrogens with zero attached hydrogens (tertiary/aromatic N) is 3.